The molecule has 0 atom stereocenters. The van der Waals surface area contributed by atoms with Crippen LogP contribution in [0.3, 0.4) is 0 Å². The van der Waals surface area contributed by atoms with E-state index in [1.54, 1.807) is 30.3 Å². The molecule has 0 bridgehead atoms. The minimum Gasteiger partial charge on any atom is -0.507 e. The van der Waals surface area contributed by atoms with Gasteiger partial charge >= 0.3 is 0 Å². The van der Waals surface area contributed by atoms with Gasteiger partial charge in [-0.15, -0.1) is 0 Å². The predicted octanol–water partition coefficient (Wildman–Crippen LogP) is 2.32. The maximum atomic E-state index is 11.5. The molecule has 3 nitrogen and oxygen atoms in total. The second kappa shape index (κ2) is 4.84. The average Bonchev–Trinajstić information content (AvgIpc) is 2.14. The van der Waals surface area contributed by atoms with Crippen LogP contribution in [0, 0.1) is 0 Å². The third kappa shape index (κ3) is 4.17. The molecular weight excluding hydrogens is 202 g/mol. The fourth-order valence-electron chi connectivity index (χ4n) is 1.21. The van der Waals surface area contributed by atoms with E-state index in [4.69, 9.17) is 0 Å². The fourth-order valence-corrected chi connectivity index (χ4v) is 1.21. The van der Waals surface area contributed by atoms with E-state index in [0.717, 1.165) is 0 Å². The molecule has 0 radical (unpaired) electrons. The molecule has 1 amide bonds. The van der Waals surface area contributed by atoms with Crippen LogP contribution in [0.4, 0.5) is 0 Å². The number of carbonyl (C=O) groups is 1. The highest BCUT2D eigenvalue weighted by molar-refractivity contribution is 5.92. The van der Waals surface area contributed by atoms with E-state index in [0.29, 0.717) is 5.56 Å². The molecule has 1 rings (SSSR count). The molecule has 1 aromatic carbocycles. The summed E-state index contributed by atoms with van der Waals surface area (Å²) in [5.74, 6) is -0.00179. The third-order valence-electron chi connectivity index (χ3n) is 1.85. The number of hydrogen-bond donors (Lipinski definition) is 2. The van der Waals surface area contributed by atoms with Crippen molar-refractivity contribution < 1.29 is 9.90 Å². The molecule has 0 aromatic heterocycles. The summed E-state index contributed by atoms with van der Waals surface area (Å²) in [5.41, 5.74) is 0.381. The van der Waals surface area contributed by atoms with Crippen LogP contribution in [0.5, 0.6) is 5.75 Å². The first kappa shape index (κ1) is 12.3. The number of phenolic OH excluding ortho intramolecular Hbond substituents is 1. The van der Waals surface area contributed by atoms with Gasteiger partial charge in [-0.3, -0.25) is 4.79 Å². The summed E-state index contributed by atoms with van der Waals surface area (Å²) >= 11 is 0. The van der Waals surface area contributed by atoms with Gasteiger partial charge in [-0.1, -0.05) is 18.2 Å². The number of benzene rings is 1. The van der Waals surface area contributed by atoms with Crippen molar-refractivity contribution in [3.05, 3.63) is 35.9 Å². The molecule has 0 aliphatic heterocycles. The zero-order chi connectivity index (χ0) is 12.2. The van der Waals surface area contributed by atoms with Crippen LogP contribution in [0.2, 0.25) is 0 Å². The molecule has 0 saturated carbocycles. The number of amides is 1. The second-order valence-electron chi connectivity index (χ2n) is 4.63. The van der Waals surface area contributed by atoms with Crippen LogP contribution in [-0.2, 0) is 4.79 Å². The van der Waals surface area contributed by atoms with E-state index >= 15 is 0 Å². The SMILES string of the molecule is CC(C)(C)NC(=O)/C=C\c1ccccc1O. The van der Waals surface area contributed by atoms with E-state index < -0.39 is 0 Å². The average molecular weight is 219 g/mol. The van der Waals surface area contributed by atoms with E-state index in [1.165, 1.54) is 6.08 Å². The van der Waals surface area contributed by atoms with Crippen molar-refractivity contribution in [2.45, 2.75) is 26.3 Å². The van der Waals surface area contributed by atoms with E-state index in [9.17, 15) is 9.90 Å². The van der Waals surface area contributed by atoms with Crippen molar-refractivity contribution in [2.75, 3.05) is 0 Å². The lowest BCUT2D eigenvalue weighted by Crippen LogP contribution is -2.39. The quantitative estimate of drug-likeness (QED) is 0.750. The summed E-state index contributed by atoms with van der Waals surface area (Å²) in [7, 11) is 0. The Bertz CT molecular complexity index is 403. The van der Waals surface area contributed by atoms with Crippen LogP contribution >= 0.6 is 0 Å². The van der Waals surface area contributed by atoms with Gasteiger partial charge in [0.15, 0.2) is 0 Å². The van der Waals surface area contributed by atoms with E-state index in [-0.39, 0.29) is 17.2 Å². The molecule has 3 heteroatoms. The molecule has 0 unspecified atom stereocenters. The number of para-hydroxylation sites is 1. The van der Waals surface area contributed by atoms with Crippen LogP contribution in [-0.4, -0.2) is 16.6 Å². The molecule has 86 valence electrons. The summed E-state index contributed by atoms with van der Waals surface area (Å²) in [6.45, 7) is 5.75. The largest absolute Gasteiger partial charge is 0.507 e. The van der Waals surface area contributed by atoms with Gasteiger partial charge in [-0.2, -0.15) is 0 Å². The maximum absolute atomic E-state index is 11.5. The van der Waals surface area contributed by atoms with Crippen molar-refractivity contribution in [3.8, 4) is 5.75 Å². The molecule has 0 aliphatic carbocycles. The van der Waals surface area contributed by atoms with Crippen LogP contribution in [0.1, 0.15) is 26.3 Å². The normalized spacial score (nSPS) is 11.7. The highest BCUT2D eigenvalue weighted by Gasteiger charge is 2.11. The second-order valence-corrected chi connectivity index (χ2v) is 4.63. The summed E-state index contributed by atoms with van der Waals surface area (Å²) in [6, 6.07) is 6.88. The number of hydrogen-bond acceptors (Lipinski definition) is 2. The van der Waals surface area contributed by atoms with Crippen molar-refractivity contribution in [3.63, 3.8) is 0 Å². The Kier molecular flexibility index (Phi) is 3.72. The number of phenols is 1. The summed E-state index contributed by atoms with van der Waals surface area (Å²) in [6.07, 6.45) is 3.01. The first-order valence-electron chi connectivity index (χ1n) is 5.17. The van der Waals surface area contributed by atoms with Gasteiger partial charge in [0.1, 0.15) is 5.75 Å². The van der Waals surface area contributed by atoms with Gasteiger partial charge < -0.3 is 10.4 Å². The van der Waals surface area contributed by atoms with Crippen LogP contribution in [0.25, 0.3) is 6.08 Å². The Balaban J connectivity index is 2.68. The Morgan fingerprint density at radius 3 is 2.50 bits per heavy atom. The number of carbonyl (C=O) groups excluding carboxylic acids is 1. The van der Waals surface area contributed by atoms with Crippen LogP contribution < -0.4 is 5.32 Å². The molecule has 0 aliphatic rings. The van der Waals surface area contributed by atoms with Crippen molar-refractivity contribution in [1.29, 1.82) is 0 Å². The lowest BCUT2D eigenvalue weighted by Gasteiger charge is -2.18. The molecule has 0 saturated heterocycles. The van der Waals surface area contributed by atoms with E-state index in [2.05, 4.69) is 5.32 Å². The van der Waals surface area contributed by atoms with Gasteiger partial charge in [-0.05, 0) is 32.9 Å². The molecule has 0 heterocycles. The van der Waals surface area contributed by atoms with Gasteiger partial charge in [0.2, 0.25) is 5.91 Å². The number of rotatable bonds is 2. The fraction of sp³-hybridized carbons (Fsp3) is 0.308. The minimum atomic E-state index is -0.250. The minimum absolute atomic E-state index is 0.169. The first-order valence-corrected chi connectivity index (χ1v) is 5.17. The predicted molar refractivity (Wildman–Crippen MR) is 65.0 cm³/mol. The monoisotopic (exact) mass is 219 g/mol. The first-order chi connectivity index (χ1) is 7.38. The Morgan fingerprint density at radius 1 is 1.31 bits per heavy atom. The highest BCUT2D eigenvalue weighted by Crippen LogP contribution is 2.16. The molecular formula is C13H17NO2. The van der Waals surface area contributed by atoms with Crippen molar-refractivity contribution >= 4 is 12.0 Å². The zero-order valence-corrected chi connectivity index (χ0v) is 9.82. The molecule has 1 aromatic rings. The summed E-state index contributed by atoms with van der Waals surface area (Å²) < 4.78 is 0. The summed E-state index contributed by atoms with van der Waals surface area (Å²) in [4.78, 5) is 11.5. The van der Waals surface area contributed by atoms with Gasteiger partial charge in [0.05, 0.1) is 0 Å². The van der Waals surface area contributed by atoms with Gasteiger partial charge in [0, 0.05) is 17.2 Å². The number of nitrogens with one attached hydrogen (secondary N) is 1. The molecule has 0 spiro atoms. The summed E-state index contributed by atoms with van der Waals surface area (Å²) in [5, 5.41) is 12.3. The molecule has 2 N–H and O–H groups in total. The van der Waals surface area contributed by atoms with Gasteiger partial charge in [-0.25, -0.2) is 0 Å². The van der Waals surface area contributed by atoms with E-state index in [1.807, 2.05) is 20.8 Å². The Labute approximate surface area is 95.8 Å². The van der Waals surface area contributed by atoms with Crippen molar-refractivity contribution in [2.24, 2.45) is 0 Å². The third-order valence-corrected chi connectivity index (χ3v) is 1.85. The van der Waals surface area contributed by atoms with Gasteiger partial charge in [0.25, 0.3) is 0 Å². The van der Waals surface area contributed by atoms with Crippen LogP contribution in [0.15, 0.2) is 30.3 Å². The molecule has 0 fully saturated rings. The zero-order valence-electron chi connectivity index (χ0n) is 9.82. The lowest BCUT2D eigenvalue weighted by atomic mass is 10.1. The maximum Gasteiger partial charge on any atom is 0.244 e. The number of aromatic hydroxyl groups is 1. The standard InChI is InChI=1S/C13H17NO2/c1-13(2,3)14-12(16)9-8-10-6-4-5-7-11(10)15/h4-9,15H,1-3H3,(H,14,16)/b9-8-. The Hall–Kier alpha value is -1.77. The highest BCUT2D eigenvalue weighted by atomic mass is 16.3. The smallest absolute Gasteiger partial charge is 0.244 e. The lowest BCUT2D eigenvalue weighted by molar-refractivity contribution is -0.117. The Morgan fingerprint density at radius 2 is 1.94 bits per heavy atom. The molecule has 16 heavy (non-hydrogen) atoms. The van der Waals surface area contributed by atoms with Crippen molar-refractivity contribution in [1.82, 2.24) is 5.32 Å². The topological polar surface area (TPSA) is 49.3 Å².